The fourth-order valence-corrected chi connectivity index (χ4v) is 5.42. The van der Waals surface area contributed by atoms with Crippen LogP contribution in [0.15, 0.2) is 68.5 Å². The molecule has 0 spiro atoms. The molecule has 0 unspecified atom stereocenters. The number of alkyl halides is 3. The quantitative estimate of drug-likeness (QED) is 0.543. The summed E-state index contributed by atoms with van der Waals surface area (Å²) in [5.74, 6) is -0.859. The number of fused-ring (bicyclic) bond motifs is 1. The fourth-order valence-electron chi connectivity index (χ4n) is 3.77. The zero-order valence-electron chi connectivity index (χ0n) is 18.2. The van der Waals surface area contributed by atoms with E-state index in [-0.39, 0.29) is 18.9 Å². The van der Waals surface area contributed by atoms with Gasteiger partial charge in [0.05, 0.1) is 36.4 Å². The Bertz CT molecular complexity index is 1200. The van der Waals surface area contributed by atoms with Gasteiger partial charge >= 0.3 is 12.1 Å². The topological polar surface area (TPSA) is 71.0 Å². The number of amidine groups is 1. The smallest absolute Gasteiger partial charge is 0.416 e. The Hall–Kier alpha value is -3.05. The number of carbonyl (C=O) groups is 2. The number of nitrogens with one attached hydrogen (secondary N) is 1. The van der Waals surface area contributed by atoms with E-state index < -0.39 is 23.8 Å². The molecule has 1 amide bonds. The third kappa shape index (κ3) is 4.90. The highest BCUT2D eigenvalue weighted by Gasteiger charge is 2.41. The predicted octanol–water partition coefficient (Wildman–Crippen LogP) is 5.22. The van der Waals surface area contributed by atoms with E-state index in [1.165, 1.54) is 42.3 Å². The molecule has 4 rings (SSSR count). The van der Waals surface area contributed by atoms with Gasteiger partial charge in [-0.1, -0.05) is 23.9 Å². The average Bonchev–Trinajstić information content (AvgIpc) is 3.46. The number of benzene rings is 1. The summed E-state index contributed by atoms with van der Waals surface area (Å²) in [6.45, 7) is 1.71. The van der Waals surface area contributed by atoms with E-state index in [1.807, 2.05) is 21.7 Å². The van der Waals surface area contributed by atoms with Crippen LogP contribution >= 0.6 is 23.1 Å². The number of amides is 1. The van der Waals surface area contributed by atoms with E-state index >= 15 is 0 Å². The SMILES string of the molecule is COC(=O)C1=C(C)N=C2SC=C(CC(=O)NCc3cccc(C(F)(F)F)c3)N2[C@@H]1c1ccsc1. The molecule has 0 aliphatic carbocycles. The second kappa shape index (κ2) is 9.67. The molecule has 2 aromatic rings. The van der Waals surface area contributed by atoms with Crippen LogP contribution in [0.2, 0.25) is 0 Å². The molecule has 1 aromatic heterocycles. The highest BCUT2D eigenvalue weighted by atomic mass is 32.2. The Balaban J connectivity index is 1.51. The monoisotopic (exact) mass is 507 g/mol. The van der Waals surface area contributed by atoms with Gasteiger partial charge in [0.25, 0.3) is 0 Å². The molecule has 178 valence electrons. The number of nitrogens with zero attached hydrogens (tertiary/aromatic N) is 2. The highest BCUT2D eigenvalue weighted by Crippen LogP contribution is 2.45. The van der Waals surface area contributed by atoms with Crippen LogP contribution in [0.1, 0.15) is 36.1 Å². The number of hydrogen-bond acceptors (Lipinski definition) is 7. The van der Waals surface area contributed by atoms with Gasteiger partial charge < -0.3 is 15.0 Å². The van der Waals surface area contributed by atoms with Crippen molar-refractivity contribution >= 4 is 40.1 Å². The van der Waals surface area contributed by atoms with Crippen molar-refractivity contribution in [3.63, 3.8) is 0 Å². The molecule has 2 aliphatic rings. The van der Waals surface area contributed by atoms with Crippen molar-refractivity contribution in [2.75, 3.05) is 7.11 Å². The number of thiophene rings is 1. The molecule has 3 heterocycles. The number of allylic oxidation sites excluding steroid dienone is 1. The lowest BCUT2D eigenvalue weighted by Gasteiger charge is -2.35. The number of halogens is 3. The molecule has 1 atom stereocenters. The predicted molar refractivity (Wildman–Crippen MR) is 125 cm³/mol. The van der Waals surface area contributed by atoms with Crippen molar-refractivity contribution in [1.29, 1.82) is 0 Å². The van der Waals surface area contributed by atoms with Crippen LogP contribution in [-0.4, -0.2) is 29.1 Å². The van der Waals surface area contributed by atoms with E-state index in [2.05, 4.69) is 10.3 Å². The van der Waals surface area contributed by atoms with Gasteiger partial charge in [-0.2, -0.15) is 24.5 Å². The van der Waals surface area contributed by atoms with E-state index in [0.717, 1.165) is 17.7 Å². The summed E-state index contributed by atoms with van der Waals surface area (Å²) in [6.07, 6.45) is -4.48. The minimum Gasteiger partial charge on any atom is -0.466 e. The summed E-state index contributed by atoms with van der Waals surface area (Å²) in [4.78, 5) is 31.7. The van der Waals surface area contributed by atoms with Crippen molar-refractivity contribution in [2.24, 2.45) is 4.99 Å². The first kappa shape index (κ1) is 24.1. The summed E-state index contributed by atoms with van der Waals surface area (Å²) >= 11 is 2.83. The maximum atomic E-state index is 12.9. The van der Waals surface area contributed by atoms with Gasteiger partial charge in [0.1, 0.15) is 0 Å². The Morgan fingerprint density at radius 2 is 2.06 bits per heavy atom. The van der Waals surface area contributed by atoms with Gasteiger partial charge in [-0.05, 0) is 52.4 Å². The Morgan fingerprint density at radius 3 is 2.74 bits per heavy atom. The summed E-state index contributed by atoms with van der Waals surface area (Å²) in [7, 11) is 1.31. The lowest BCUT2D eigenvalue weighted by Crippen LogP contribution is -2.37. The number of aliphatic imine (C=N–C) groups is 1. The molecule has 0 saturated heterocycles. The minimum atomic E-state index is -4.45. The first-order valence-corrected chi connectivity index (χ1v) is 12.0. The van der Waals surface area contributed by atoms with Gasteiger partial charge in [-0.15, -0.1) is 0 Å². The second-order valence-corrected chi connectivity index (χ2v) is 9.21. The van der Waals surface area contributed by atoms with Crippen molar-refractivity contribution < 1.29 is 27.5 Å². The Kier molecular flexibility index (Phi) is 6.85. The molecular weight excluding hydrogens is 487 g/mol. The first-order valence-electron chi connectivity index (χ1n) is 10.2. The lowest BCUT2D eigenvalue weighted by molar-refractivity contribution is -0.138. The van der Waals surface area contributed by atoms with E-state index in [4.69, 9.17) is 4.74 Å². The minimum absolute atomic E-state index is 0.0287. The van der Waals surface area contributed by atoms with Gasteiger partial charge in [0.2, 0.25) is 5.91 Å². The average molecular weight is 508 g/mol. The number of ether oxygens (including phenoxy) is 1. The van der Waals surface area contributed by atoms with Crippen LogP contribution in [0.25, 0.3) is 0 Å². The summed E-state index contributed by atoms with van der Waals surface area (Å²) < 4.78 is 43.8. The van der Waals surface area contributed by atoms with E-state index in [0.29, 0.717) is 27.7 Å². The van der Waals surface area contributed by atoms with Crippen LogP contribution in [0.5, 0.6) is 0 Å². The summed E-state index contributed by atoms with van der Waals surface area (Å²) in [6, 6.07) is 6.25. The van der Waals surface area contributed by atoms with Crippen LogP contribution in [0, 0.1) is 0 Å². The molecule has 6 nitrogen and oxygen atoms in total. The Labute approximate surface area is 202 Å². The molecule has 0 radical (unpaired) electrons. The summed E-state index contributed by atoms with van der Waals surface area (Å²) in [5, 5.41) is 8.95. The molecule has 1 N–H and O–H groups in total. The fraction of sp³-hybridized carbons (Fsp3) is 0.261. The van der Waals surface area contributed by atoms with Crippen LogP contribution in [0.4, 0.5) is 13.2 Å². The molecule has 0 saturated carbocycles. The van der Waals surface area contributed by atoms with Gasteiger partial charge in [0.15, 0.2) is 5.17 Å². The molecule has 0 bridgehead atoms. The maximum Gasteiger partial charge on any atom is 0.416 e. The molecule has 1 aromatic carbocycles. The number of esters is 1. The van der Waals surface area contributed by atoms with Crippen molar-refractivity contribution in [1.82, 2.24) is 10.2 Å². The van der Waals surface area contributed by atoms with Crippen LogP contribution < -0.4 is 5.32 Å². The van der Waals surface area contributed by atoms with E-state index in [1.54, 1.807) is 12.3 Å². The van der Waals surface area contributed by atoms with Crippen molar-refractivity contribution in [3.8, 4) is 0 Å². The molecular formula is C23H20F3N3O3S2. The van der Waals surface area contributed by atoms with Crippen molar-refractivity contribution in [3.05, 3.63) is 80.2 Å². The van der Waals surface area contributed by atoms with Gasteiger partial charge in [0, 0.05) is 12.2 Å². The molecule has 2 aliphatic heterocycles. The van der Waals surface area contributed by atoms with Crippen LogP contribution in [-0.2, 0) is 27.0 Å². The lowest BCUT2D eigenvalue weighted by atomic mass is 9.96. The zero-order chi connectivity index (χ0) is 24.5. The van der Waals surface area contributed by atoms with Gasteiger partial charge in [-0.3, -0.25) is 4.79 Å². The standard InChI is InChI=1S/C23H20F3N3O3S2/c1-13-19(21(31)32-2)20(15-6-7-33-11-15)29-17(12-34-22(29)28-13)9-18(30)27-10-14-4-3-5-16(8-14)23(24,25)26/h3-8,11-12,20H,9-10H2,1-2H3,(H,27,30)/t20-/m1/s1. The maximum absolute atomic E-state index is 12.9. The number of methoxy groups -OCH3 is 1. The normalized spacial score (nSPS) is 17.8. The summed E-state index contributed by atoms with van der Waals surface area (Å²) in [5.41, 5.74) is 2.03. The largest absolute Gasteiger partial charge is 0.466 e. The number of thioether (sulfide) groups is 1. The third-order valence-electron chi connectivity index (χ3n) is 5.35. The van der Waals surface area contributed by atoms with Crippen molar-refractivity contribution in [2.45, 2.75) is 32.1 Å². The number of rotatable bonds is 6. The molecule has 11 heteroatoms. The highest BCUT2D eigenvalue weighted by molar-refractivity contribution is 8.16. The molecule has 34 heavy (non-hydrogen) atoms. The van der Waals surface area contributed by atoms with E-state index in [9.17, 15) is 22.8 Å². The Morgan fingerprint density at radius 1 is 1.26 bits per heavy atom. The third-order valence-corrected chi connectivity index (χ3v) is 6.94. The first-order chi connectivity index (χ1) is 16.2. The number of carbonyl (C=O) groups excluding carboxylic acids is 2. The second-order valence-electron chi connectivity index (χ2n) is 7.59. The zero-order valence-corrected chi connectivity index (χ0v) is 19.8. The van der Waals surface area contributed by atoms with Crippen LogP contribution in [0.3, 0.4) is 0 Å². The molecule has 0 fully saturated rings. The van der Waals surface area contributed by atoms with Gasteiger partial charge in [-0.25, -0.2) is 9.79 Å². The number of hydrogen-bond donors (Lipinski definition) is 1.